The molecule has 0 atom stereocenters. The normalized spacial score (nSPS) is 15.9. The molecule has 0 spiro atoms. The number of carbonyl (C=O) groups excluding carboxylic acids is 1. The Labute approximate surface area is 120 Å². The second-order valence-corrected chi connectivity index (χ2v) is 4.88. The van der Waals surface area contributed by atoms with Gasteiger partial charge in [-0.3, -0.25) is 9.69 Å². The standard InChI is InChI=1S/C15H22N2O3/c1-16(7-8-17-9-11-20-12-10-17)15(18)13-5-3-4-6-14(13)19-2/h3-6H,7-12H2,1-2H3. The quantitative estimate of drug-likeness (QED) is 0.809. The predicted octanol–water partition coefficient (Wildman–Crippen LogP) is 1.10. The van der Waals surface area contributed by atoms with Gasteiger partial charge in [0.05, 0.1) is 25.9 Å². The molecule has 0 bridgehead atoms. The van der Waals surface area contributed by atoms with E-state index < -0.39 is 0 Å². The number of morpholine rings is 1. The van der Waals surface area contributed by atoms with Crippen molar-refractivity contribution in [1.82, 2.24) is 9.80 Å². The summed E-state index contributed by atoms with van der Waals surface area (Å²) in [6, 6.07) is 7.32. The van der Waals surface area contributed by atoms with Crippen molar-refractivity contribution in [1.29, 1.82) is 0 Å². The van der Waals surface area contributed by atoms with Crippen LogP contribution in [-0.2, 0) is 4.74 Å². The van der Waals surface area contributed by atoms with E-state index in [0.29, 0.717) is 17.9 Å². The first kappa shape index (κ1) is 14.8. The van der Waals surface area contributed by atoms with Crippen molar-refractivity contribution in [2.24, 2.45) is 0 Å². The summed E-state index contributed by atoms with van der Waals surface area (Å²) >= 11 is 0. The maximum absolute atomic E-state index is 12.4. The van der Waals surface area contributed by atoms with Crippen LogP contribution in [0.2, 0.25) is 0 Å². The Balaban J connectivity index is 1.90. The molecule has 0 radical (unpaired) electrons. The number of hydrogen-bond acceptors (Lipinski definition) is 4. The van der Waals surface area contributed by atoms with Crippen molar-refractivity contribution in [3.8, 4) is 5.75 Å². The third kappa shape index (κ3) is 3.71. The third-order valence-electron chi connectivity index (χ3n) is 3.54. The number of benzene rings is 1. The first-order chi connectivity index (χ1) is 9.72. The van der Waals surface area contributed by atoms with Crippen LogP contribution in [0, 0.1) is 0 Å². The Morgan fingerprint density at radius 2 is 2.05 bits per heavy atom. The molecule has 0 aromatic heterocycles. The summed E-state index contributed by atoms with van der Waals surface area (Å²) in [7, 11) is 3.41. The number of likely N-dealkylation sites (N-methyl/N-ethyl adjacent to an activating group) is 1. The number of carbonyl (C=O) groups is 1. The molecule has 1 heterocycles. The van der Waals surface area contributed by atoms with Crippen LogP contribution in [0.3, 0.4) is 0 Å². The molecule has 1 saturated heterocycles. The van der Waals surface area contributed by atoms with Gasteiger partial charge in [-0.2, -0.15) is 0 Å². The fourth-order valence-electron chi connectivity index (χ4n) is 2.24. The topological polar surface area (TPSA) is 42.0 Å². The molecule has 2 rings (SSSR count). The van der Waals surface area contributed by atoms with Crippen molar-refractivity contribution < 1.29 is 14.3 Å². The van der Waals surface area contributed by atoms with Crippen LogP contribution < -0.4 is 4.74 Å². The lowest BCUT2D eigenvalue weighted by Crippen LogP contribution is -2.42. The van der Waals surface area contributed by atoms with E-state index in [1.54, 1.807) is 18.1 Å². The van der Waals surface area contributed by atoms with E-state index in [2.05, 4.69) is 4.90 Å². The highest BCUT2D eigenvalue weighted by atomic mass is 16.5. The van der Waals surface area contributed by atoms with E-state index in [0.717, 1.165) is 32.8 Å². The minimum Gasteiger partial charge on any atom is -0.496 e. The number of amides is 1. The Kier molecular flexibility index (Phi) is 5.38. The van der Waals surface area contributed by atoms with Gasteiger partial charge in [0.1, 0.15) is 5.75 Å². The SMILES string of the molecule is COc1ccccc1C(=O)N(C)CCN1CCOCC1. The number of hydrogen-bond donors (Lipinski definition) is 0. The Morgan fingerprint density at radius 3 is 2.75 bits per heavy atom. The maximum Gasteiger partial charge on any atom is 0.257 e. The minimum absolute atomic E-state index is 0.00397. The van der Waals surface area contributed by atoms with E-state index in [9.17, 15) is 4.79 Å². The zero-order chi connectivity index (χ0) is 14.4. The van der Waals surface area contributed by atoms with Gasteiger partial charge in [0, 0.05) is 33.2 Å². The van der Waals surface area contributed by atoms with Gasteiger partial charge >= 0.3 is 0 Å². The molecule has 0 unspecified atom stereocenters. The minimum atomic E-state index is -0.00397. The highest BCUT2D eigenvalue weighted by Crippen LogP contribution is 2.18. The molecule has 0 N–H and O–H groups in total. The summed E-state index contributed by atoms with van der Waals surface area (Å²) in [6.07, 6.45) is 0. The van der Waals surface area contributed by atoms with E-state index in [4.69, 9.17) is 9.47 Å². The molecule has 1 aliphatic rings. The highest BCUT2D eigenvalue weighted by molar-refractivity contribution is 5.96. The predicted molar refractivity (Wildman–Crippen MR) is 77.2 cm³/mol. The monoisotopic (exact) mass is 278 g/mol. The van der Waals surface area contributed by atoms with Gasteiger partial charge in [0.15, 0.2) is 0 Å². The zero-order valence-corrected chi connectivity index (χ0v) is 12.2. The van der Waals surface area contributed by atoms with Crippen LogP contribution in [0.5, 0.6) is 5.75 Å². The molecule has 1 aliphatic heterocycles. The van der Waals surface area contributed by atoms with Crippen LogP contribution in [-0.4, -0.2) is 69.3 Å². The van der Waals surface area contributed by atoms with Crippen molar-refractivity contribution in [3.63, 3.8) is 0 Å². The summed E-state index contributed by atoms with van der Waals surface area (Å²) in [5.41, 5.74) is 0.611. The molecule has 20 heavy (non-hydrogen) atoms. The summed E-state index contributed by atoms with van der Waals surface area (Å²) in [5, 5.41) is 0. The largest absolute Gasteiger partial charge is 0.496 e. The van der Waals surface area contributed by atoms with E-state index in [-0.39, 0.29) is 5.91 Å². The second-order valence-electron chi connectivity index (χ2n) is 4.88. The van der Waals surface area contributed by atoms with Crippen molar-refractivity contribution in [3.05, 3.63) is 29.8 Å². The van der Waals surface area contributed by atoms with Gasteiger partial charge in [0.2, 0.25) is 0 Å². The van der Waals surface area contributed by atoms with Crippen LogP contribution in [0.4, 0.5) is 0 Å². The fraction of sp³-hybridized carbons (Fsp3) is 0.533. The number of para-hydroxylation sites is 1. The Hall–Kier alpha value is -1.59. The van der Waals surface area contributed by atoms with Gasteiger partial charge < -0.3 is 14.4 Å². The summed E-state index contributed by atoms with van der Waals surface area (Å²) in [6.45, 7) is 5.03. The molecule has 1 aromatic rings. The first-order valence-electron chi connectivity index (χ1n) is 6.91. The molecular weight excluding hydrogens is 256 g/mol. The molecule has 0 saturated carbocycles. The lowest BCUT2D eigenvalue weighted by atomic mass is 10.2. The second kappa shape index (κ2) is 7.26. The van der Waals surface area contributed by atoms with Crippen molar-refractivity contribution >= 4 is 5.91 Å². The molecular formula is C15H22N2O3. The van der Waals surface area contributed by atoms with E-state index in [1.807, 2.05) is 25.2 Å². The number of nitrogens with zero attached hydrogens (tertiary/aromatic N) is 2. The van der Waals surface area contributed by atoms with Crippen LogP contribution in [0.1, 0.15) is 10.4 Å². The van der Waals surface area contributed by atoms with Crippen LogP contribution in [0.25, 0.3) is 0 Å². The van der Waals surface area contributed by atoms with E-state index >= 15 is 0 Å². The molecule has 1 fully saturated rings. The zero-order valence-electron chi connectivity index (χ0n) is 12.2. The number of methoxy groups -OCH3 is 1. The molecule has 0 aliphatic carbocycles. The molecule has 5 nitrogen and oxygen atoms in total. The van der Waals surface area contributed by atoms with Gasteiger partial charge in [-0.25, -0.2) is 0 Å². The average molecular weight is 278 g/mol. The van der Waals surface area contributed by atoms with Gasteiger partial charge in [0.25, 0.3) is 5.91 Å². The Morgan fingerprint density at radius 1 is 1.35 bits per heavy atom. The van der Waals surface area contributed by atoms with E-state index in [1.165, 1.54) is 0 Å². The lowest BCUT2D eigenvalue weighted by Gasteiger charge is -2.28. The van der Waals surface area contributed by atoms with Gasteiger partial charge in [-0.05, 0) is 12.1 Å². The number of rotatable bonds is 5. The van der Waals surface area contributed by atoms with Crippen molar-refractivity contribution in [2.75, 3.05) is 53.6 Å². The fourth-order valence-corrected chi connectivity index (χ4v) is 2.24. The molecule has 5 heteroatoms. The molecule has 1 amide bonds. The van der Waals surface area contributed by atoms with Crippen LogP contribution >= 0.6 is 0 Å². The Bertz CT molecular complexity index is 444. The first-order valence-corrected chi connectivity index (χ1v) is 6.91. The summed E-state index contributed by atoms with van der Waals surface area (Å²) in [4.78, 5) is 16.5. The molecule has 110 valence electrons. The van der Waals surface area contributed by atoms with Crippen LogP contribution in [0.15, 0.2) is 24.3 Å². The maximum atomic E-state index is 12.4. The van der Waals surface area contributed by atoms with Crippen molar-refractivity contribution in [2.45, 2.75) is 0 Å². The van der Waals surface area contributed by atoms with Gasteiger partial charge in [-0.15, -0.1) is 0 Å². The summed E-state index contributed by atoms with van der Waals surface area (Å²) < 4.78 is 10.6. The summed E-state index contributed by atoms with van der Waals surface area (Å²) in [5.74, 6) is 0.617. The molecule has 1 aromatic carbocycles. The van der Waals surface area contributed by atoms with Gasteiger partial charge in [-0.1, -0.05) is 12.1 Å². The third-order valence-corrected chi connectivity index (χ3v) is 3.54. The average Bonchev–Trinajstić information content (AvgIpc) is 2.52. The smallest absolute Gasteiger partial charge is 0.257 e. The number of ether oxygens (including phenoxy) is 2. The highest BCUT2D eigenvalue weighted by Gasteiger charge is 2.17. The lowest BCUT2D eigenvalue weighted by molar-refractivity contribution is 0.0338.